The summed E-state index contributed by atoms with van der Waals surface area (Å²) in [6, 6.07) is 12.8. The van der Waals surface area contributed by atoms with Crippen LogP contribution in [0.25, 0.3) is 17.0 Å². The van der Waals surface area contributed by atoms with Gasteiger partial charge in [-0.05, 0) is 30.3 Å². The second-order valence-electron chi connectivity index (χ2n) is 5.09. The summed E-state index contributed by atoms with van der Waals surface area (Å²) in [5, 5.41) is 2.85. The minimum absolute atomic E-state index is 0.170. The number of carbonyl (C=O) groups excluding carboxylic acids is 1. The molecular formula is C17H11ClN4OS. The van der Waals surface area contributed by atoms with Crippen LogP contribution in [0.5, 0.6) is 0 Å². The van der Waals surface area contributed by atoms with Gasteiger partial charge in [-0.2, -0.15) is 0 Å². The fourth-order valence-electron chi connectivity index (χ4n) is 2.32. The van der Waals surface area contributed by atoms with Gasteiger partial charge in [-0.25, -0.2) is 9.97 Å². The van der Waals surface area contributed by atoms with Crippen LogP contribution in [-0.4, -0.2) is 20.3 Å². The molecule has 4 aromatic rings. The molecule has 1 amide bonds. The molecule has 0 saturated heterocycles. The first-order chi connectivity index (χ1) is 11.7. The van der Waals surface area contributed by atoms with E-state index in [2.05, 4.69) is 15.3 Å². The largest absolute Gasteiger partial charge is 0.321 e. The molecule has 3 aromatic heterocycles. The van der Waals surface area contributed by atoms with Crippen molar-refractivity contribution in [2.75, 3.05) is 5.32 Å². The lowest BCUT2D eigenvalue weighted by atomic mass is 10.1. The average molecular weight is 355 g/mol. The number of anilines is 1. The van der Waals surface area contributed by atoms with E-state index in [0.29, 0.717) is 15.0 Å². The highest BCUT2D eigenvalue weighted by Crippen LogP contribution is 2.24. The van der Waals surface area contributed by atoms with Crippen molar-refractivity contribution < 1.29 is 4.79 Å². The number of nitrogens with one attached hydrogen (secondary N) is 1. The van der Waals surface area contributed by atoms with Crippen molar-refractivity contribution in [1.82, 2.24) is 14.4 Å². The SMILES string of the molecule is O=C(Nc1ccc(-c2cn3cccnc3n2)cc1)c1ccc(Cl)s1. The fraction of sp³-hybridized carbons (Fsp3) is 0. The average Bonchev–Trinajstić information content (AvgIpc) is 3.21. The molecule has 7 heteroatoms. The number of aromatic nitrogens is 3. The molecule has 0 aliphatic rings. The summed E-state index contributed by atoms with van der Waals surface area (Å²) < 4.78 is 2.46. The molecule has 0 radical (unpaired) electrons. The standard InChI is InChI=1S/C17H11ClN4OS/c18-15-7-6-14(24-15)16(23)20-12-4-2-11(3-5-12)13-10-22-9-1-8-19-17(22)21-13/h1-10H,(H,20,23). The molecule has 0 saturated carbocycles. The Labute approximate surface area is 146 Å². The third-order valence-electron chi connectivity index (χ3n) is 3.47. The Hall–Kier alpha value is -2.70. The Morgan fingerprint density at radius 2 is 2.00 bits per heavy atom. The molecule has 0 bridgehead atoms. The third-order valence-corrected chi connectivity index (χ3v) is 4.70. The highest BCUT2D eigenvalue weighted by Gasteiger charge is 2.10. The van der Waals surface area contributed by atoms with E-state index in [1.807, 2.05) is 47.1 Å². The Kier molecular flexibility index (Phi) is 3.76. The Morgan fingerprint density at radius 1 is 1.17 bits per heavy atom. The number of thiophene rings is 1. The van der Waals surface area contributed by atoms with Crippen molar-refractivity contribution in [3.05, 3.63) is 70.3 Å². The molecular weight excluding hydrogens is 344 g/mol. The summed E-state index contributed by atoms with van der Waals surface area (Å²) in [6.07, 6.45) is 5.53. The van der Waals surface area contributed by atoms with Crippen LogP contribution in [0.2, 0.25) is 4.34 Å². The van der Waals surface area contributed by atoms with E-state index in [0.717, 1.165) is 16.9 Å². The first-order valence-corrected chi connectivity index (χ1v) is 8.35. The lowest BCUT2D eigenvalue weighted by Gasteiger charge is -2.04. The van der Waals surface area contributed by atoms with Gasteiger partial charge in [0, 0.05) is 29.8 Å². The first kappa shape index (κ1) is 14.9. The van der Waals surface area contributed by atoms with Gasteiger partial charge in [0.25, 0.3) is 5.91 Å². The van der Waals surface area contributed by atoms with Gasteiger partial charge in [0.05, 0.1) is 14.9 Å². The van der Waals surface area contributed by atoms with E-state index in [-0.39, 0.29) is 5.91 Å². The van der Waals surface area contributed by atoms with Crippen LogP contribution in [0.1, 0.15) is 9.67 Å². The minimum atomic E-state index is -0.170. The highest BCUT2D eigenvalue weighted by molar-refractivity contribution is 7.18. The van der Waals surface area contributed by atoms with E-state index in [1.54, 1.807) is 18.3 Å². The first-order valence-electron chi connectivity index (χ1n) is 7.16. The number of imidazole rings is 1. The molecule has 0 aliphatic heterocycles. The summed E-state index contributed by atoms with van der Waals surface area (Å²) in [5.41, 5.74) is 2.50. The molecule has 4 rings (SSSR count). The summed E-state index contributed by atoms with van der Waals surface area (Å²) >= 11 is 7.11. The van der Waals surface area contributed by atoms with E-state index >= 15 is 0 Å². The number of hydrogen-bond donors (Lipinski definition) is 1. The van der Waals surface area contributed by atoms with Crippen molar-refractivity contribution >= 4 is 40.3 Å². The lowest BCUT2D eigenvalue weighted by Crippen LogP contribution is -2.09. The molecule has 0 aliphatic carbocycles. The molecule has 5 nitrogen and oxygen atoms in total. The minimum Gasteiger partial charge on any atom is -0.321 e. The predicted molar refractivity (Wildman–Crippen MR) is 95.7 cm³/mol. The monoisotopic (exact) mass is 354 g/mol. The van der Waals surface area contributed by atoms with Gasteiger partial charge in [0.2, 0.25) is 5.78 Å². The van der Waals surface area contributed by atoms with Gasteiger partial charge >= 0.3 is 0 Å². The molecule has 118 valence electrons. The number of fused-ring (bicyclic) bond motifs is 1. The number of amides is 1. The van der Waals surface area contributed by atoms with Gasteiger partial charge in [-0.15, -0.1) is 11.3 Å². The van der Waals surface area contributed by atoms with E-state index in [4.69, 9.17) is 11.6 Å². The van der Waals surface area contributed by atoms with Crippen molar-refractivity contribution in [2.24, 2.45) is 0 Å². The molecule has 0 atom stereocenters. The molecule has 0 unspecified atom stereocenters. The normalized spacial score (nSPS) is 10.9. The maximum absolute atomic E-state index is 12.1. The van der Waals surface area contributed by atoms with Crippen LogP contribution >= 0.6 is 22.9 Å². The van der Waals surface area contributed by atoms with E-state index in [9.17, 15) is 4.79 Å². The second kappa shape index (κ2) is 6.07. The van der Waals surface area contributed by atoms with E-state index < -0.39 is 0 Å². The van der Waals surface area contributed by atoms with Crippen LogP contribution in [0, 0.1) is 0 Å². The van der Waals surface area contributed by atoms with Crippen LogP contribution in [0.4, 0.5) is 5.69 Å². The van der Waals surface area contributed by atoms with Crippen LogP contribution in [0.15, 0.2) is 61.1 Å². The number of rotatable bonds is 3. The van der Waals surface area contributed by atoms with Gasteiger partial charge in [0.15, 0.2) is 0 Å². The Bertz CT molecular complexity index is 989. The summed E-state index contributed by atoms with van der Waals surface area (Å²) in [5.74, 6) is 0.482. The van der Waals surface area contributed by atoms with Gasteiger partial charge in [-0.3, -0.25) is 9.20 Å². The van der Waals surface area contributed by atoms with Gasteiger partial charge in [-0.1, -0.05) is 23.7 Å². The lowest BCUT2D eigenvalue weighted by molar-refractivity contribution is 0.103. The third kappa shape index (κ3) is 2.89. The molecule has 3 heterocycles. The van der Waals surface area contributed by atoms with Crippen molar-refractivity contribution in [1.29, 1.82) is 0 Å². The molecule has 0 fully saturated rings. The fourth-order valence-corrected chi connectivity index (χ4v) is 3.26. The molecule has 0 spiro atoms. The van der Waals surface area contributed by atoms with Crippen molar-refractivity contribution in [3.8, 4) is 11.3 Å². The predicted octanol–water partition coefficient (Wildman–Crippen LogP) is 4.36. The van der Waals surface area contributed by atoms with Crippen LogP contribution in [0.3, 0.4) is 0 Å². The van der Waals surface area contributed by atoms with Crippen molar-refractivity contribution in [3.63, 3.8) is 0 Å². The second-order valence-corrected chi connectivity index (χ2v) is 6.80. The summed E-state index contributed by atoms with van der Waals surface area (Å²) in [6.45, 7) is 0. The maximum atomic E-state index is 12.1. The number of nitrogens with zero attached hydrogens (tertiary/aromatic N) is 3. The Morgan fingerprint density at radius 3 is 2.71 bits per heavy atom. The van der Waals surface area contributed by atoms with Gasteiger partial charge in [0.1, 0.15) is 0 Å². The molecule has 1 N–H and O–H groups in total. The zero-order chi connectivity index (χ0) is 16.5. The number of hydrogen-bond acceptors (Lipinski definition) is 4. The zero-order valence-electron chi connectivity index (χ0n) is 12.3. The van der Waals surface area contributed by atoms with Crippen LogP contribution < -0.4 is 5.32 Å². The quantitative estimate of drug-likeness (QED) is 0.594. The smallest absolute Gasteiger partial charge is 0.265 e. The topological polar surface area (TPSA) is 59.3 Å². The van der Waals surface area contributed by atoms with Crippen molar-refractivity contribution in [2.45, 2.75) is 0 Å². The highest BCUT2D eigenvalue weighted by atomic mass is 35.5. The summed E-state index contributed by atoms with van der Waals surface area (Å²) in [7, 11) is 0. The number of halogens is 1. The Balaban J connectivity index is 1.55. The van der Waals surface area contributed by atoms with Gasteiger partial charge < -0.3 is 5.32 Å². The van der Waals surface area contributed by atoms with Crippen LogP contribution in [-0.2, 0) is 0 Å². The number of carbonyl (C=O) groups is 1. The molecule has 1 aromatic carbocycles. The maximum Gasteiger partial charge on any atom is 0.265 e. The molecule has 24 heavy (non-hydrogen) atoms. The number of benzene rings is 1. The van der Waals surface area contributed by atoms with E-state index in [1.165, 1.54) is 11.3 Å². The zero-order valence-corrected chi connectivity index (χ0v) is 13.9. The summed E-state index contributed by atoms with van der Waals surface area (Å²) in [4.78, 5) is 21.4.